The smallest absolute Gasteiger partial charge is 0.00885 e. The van der Waals surface area contributed by atoms with Gasteiger partial charge in [-0.05, 0) is 57.1 Å². The summed E-state index contributed by atoms with van der Waals surface area (Å²) < 4.78 is 0. The summed E-state index contributed by atoms with van der Waals surface area (Å²) in [7, 11) is 0. The van der Waals surface area contributed by atoms with Gasteiger partial charge in [0.2, 0.25) is 0 Å². The van der Waals surface area contributed by atoms with Crippen LogP contribution >= 0.6 is 0 Å². The molecule has 0 aromatic heterocycles. The Morgan fingerprint density at radius 1 is 1.05 bits per heavy atom. The van der Waals surface area contributed by atoms with Gasteiger partial charge in [-0.1, -0.05) is 42.7 Å². The molecule has 2 aliphatic rings. The van der Waals surface area contributed by atoms with Crippen LogP contribution in [0.25, 0.3) is 0 Å². The van der Waals surface area contributed by atoms with Gasteiger partial charge in [0.25, 0.3) is 0 Å². The Balaban J connectivity index is 1.86. The maximum absolute atomic E-state index is 3.61. The minimum absolute atomic E-state index is 0.424. The van der Waals surface area contributed by atoms with Crippen LogP contribution in [-0.2, 0) is 5.41 Å². The summed E-state index contributed by atoms with van der Waals surface area (Å²) in [5.41, 5.74) is 5.57. The largest absolute Gasteiger partial charge is 0.316 e. The number of rotatable bonds is 4. The van der Waals surface area contributed by atoms with Crippen LogP contribution in [0.4, 0.5) is 0 Å². The summed E-state index contributed by atoms with van der Waals surface area (Å²) in [6.07, 6.45) is 7.24. The molecule has 0 radical (unpaired) electrons. The van der Waals surface area contributed by atoms with Gasteiger partial charge in [-0.2, -0.15) is 0 Å². The van der Waals surface area contributed by atoms with E-state index in [0.717, 1.165) is 18.5 Å². The van der Waals surface area contributed by atoms with Gasteiger partial charge in [0.15, 0.2) is 0 Å². The molecule has 0 amide bonds. The van der Waals surface area contributed by atoms with Crippen LogP contribution in [0, 0.1) is 19.3 Å². The highest BCUT2D eigenvalue weighted by atomic mass is 14.9. The Bertz CT molecular complexity index is 442. The predicted octanol–water partition coefficient (Wildman–Crippen LogP) is 4.11. The summed E-state index contributed by atoms with van der Waals surface area (Å²) in [5, 5.41) is 3.61. The molecule has 1 aromatic carbocycles. The zero-order valence-corrected chi connectivity index (χ0v) is 12.7. The predicted molar refractivity (Wildman–Crippen MR) is 81.7 cm³/mol. The number of benzene rings is 1. The van der Waals surface area contributed by atoms with Crippen LogP contribution in [0.2, 0.25) is 0 Å². The van der Waals surface area contributed by atoms with Gasteiger partial charge in [0.1, 0.15) is 0 Å². The molecule has 1 aromatic rings. The Hall–Kier alpha value is -0.820. The number of likely N-dealkylation sites (N-methyl/N-ethyl adjacent to an activating group) is 1. The lowest BCUT2D eigenvalue weighted by atomic mass is 9.43. The topological polar surface area (TPSA) is 12.0 Å². The quantitative estimate of drug-likeness (QED) is 0.855. The summed E-state index contributed by atoms with van der Waals surface area (Å²) in [6, 6.07) is 7.15. The fourth-order valence-electron chi connectivity index (χ4n) is 4.49. The molecule has 2 fully saturated rings. The lowest BCUT2D eigenvalue weighted by Gasteiger charge is -2.62. The van der Waals surface area contributed by atoms with E-state index in [4.69, 9.17) is 0 Å². The van der Waals surface area contributed by atoms with Crippen molar-refractivity contribution in [2.45, 2.75) is 58.3 Å². The van der Waals surface area contributed by atoms with E-state index in [0.29, 0.717) is 5.41 Å². The van der Waals surface area contributed by atoms with Crippen molar-refractivity contribution in [3.63, 3.8) is 0 Å². The third-order valence-corrected chi connectivity index (χ3v) is 5.39. The molecule has 0 saturated heterocycles. The second kappa shape index (κ2) is 4.63. The van der Waals surface area contributed by atoms with Gasteiger partial charge in [-0.15, -0.1) is 0 Å². The first-order chi connectivity index (χ1) is 9.07. The molecular weight excluding hydrogens is 230 g/mol. The first kappa shape index (κ1) is 13.2. The SMILES string of the molecule is CCNCC1(c2cc(C)cc(C)c2)CC2(CCC2)C1. The van der Waals surface area contributed by atoms with Crippen molar-refractivity contribution in [3.8, 4) is 0 Å². The summed E-state index contributed by atoms with van der Waals surface area (Å²) in [4.78, 5) is 0. The molecule has 0 aliphatic heterocycles. The standard InChI is InChI=1S/C18H27N/c1-4-19-13-18(11-17(12-18)6-5-7-17)16-9-14(2)8-15(3)10-16/h8-10,19H,4-7,11-13H2,1-3H3. The summed E-state index contributed by atoms with van der Waals surface area (Å²) in [6.45, 7) is 8.92. The number of nitrogens with one attached hydrogen (secondary N) is 1. The van der Waals surface area contributed by atoms with Crippen LogP contribution in [0.3, 0.4) is 0 Å². The maximum atomic E-state index is 3.61. The average molecular weight is 257 g/mol. The lowest BCUT2D eigenvalue weighted by Crippen LogP contribution is -2.57. The molecule has 2 aliphatic carbocycles. The minimum atomic E-state index is 0.424. The molecule has 0 atom stereocenters. The number of aryl methyl sites for hydroxylation is 2. The third-order valence-electron chi connectivity index (χ3n) is 5.39. The minimum Gasteiger partial charge on any atom is -0.316 e. The molecular formula is C18H27N. The molecule has 1 spiro atoms. The molecule has 104 valence electrons. The molecule has 0 unspecified atom stereocenters. The molecule has 1 N–H and O–H groups in total. The fraction of sp³-hybridized carbons (Fsp3) is 0.667. The van der Waals surface area contributed by atoms with Gasteiger partial charge in [0, 0.05) is 12.0 Å². The van der Waals surface area contributed by atoms with Gasteiger partial charge in [-0.25, -0.2) is 0 Å². The highest BCUT2D eigenvalue weighted by molar-refractivity contribution is 5.38. The van der Waals surface area contributed by atoms with Crippen LogP contribution < -0.4 is 5.32 Å². The van der Waals surface area contributed by atoms with Crippen molar-refractivity contribution >= 4 is 0 Å². The van der Waals surface area contributed by atoms with E-state index in [1.807, 2.05) is 0 Å². The van der Waals surface area contributed by atoms with E-state index in [1.54, 1.807) is 5.56 Å². The first-order valence-corrected chi connectivity index (χ1v) is 7.87. The zero-order valence-electron chi connectivity index (χ0n) is 12.7. The summed E-state index contributed by atoms with van der Waals surface area (Å²) >= 11 is 0. The Kier molecular flexibility index (Phi) is 3.21. The van der Waals surface area contributed by atoms with E-state index in [9.17, 15) is 0 Å². The van der Waals surface area contributed by atoms with Gasteiger partial charge in [-0.3, -0.25) is 0 Å². The highest BCUT2D eigenvalue weighted by Crippen LogP contribution is 2.64. The third kappa shape index (κ3) is 2.23. The molecule has 0 bridgehead atoms. The van der Waals surface area contributed by atoms with Crippen molar-refractivity contribution in [3.05, 3.63) is 34.9 Å². The lowest BCUT2D eigenvalue weighted by molar-refractivity contribution is -0.0481. The van der Waals surface area contributed by atoms with Crippen molar-refractivity contribution < 1.29 is 0 Å². The van der Waals surface area contributed by atoms with E-state index in [1.165, 1.54) is 43.2 Å². The number of hydrogen-bond acceptors (Lipinski definition) is 1. The van der Waals surface area contributed by atoms with Crippen molar-refractivity contribution in [1.29, 1.82) is 0 Å². The Labute approximate surface area is 117 Å². The van der Waals surface area contributed by atoms with Crippen LogP contribution in [0.5, 0.6) is 0 Å². The van der Waals surface area contributed by atoms with Gasteiger partial charge >= 0.3 is 0 Å². The first-order valence-electron chi connectivity index (χ1n) is 7.87. The molecule has 3 rings (SSSR count). The van der Waals surface area contributed by atoms with Crippen molar-refractivity contribution in [1.82, 2.24) is 5.32 Å². The second-order valence-corrected chi connectivity index (χ2v) is 7.14. The zero-order chi connectivity index (χ0) is 13.5. The fourth-order valence-corrected chi connectivity index (χ4v) is 4.49. The second-order valence-electron chi connectivity index (χ2n) is 7.14. The summed E-state index contributed by atoms with van der Waals surface area (Å²) in [5.74, 6) is 0. The van der Waals surface area contributed by atoms with Crippen LogP contribution in [0.1, 0.15) is 55.7 Å². The molecule has 0 heterocycles. The van der Waals surface area contributed by atoms with Crippen LogP contribution in [0.15, 0.2) is 18.2 Å². The van der Waals surface area contributed by atoms with Crippen LogP contribution in [-0.4, -0.2) is 13.1 Å². The van der Waals surface area contributed by atoms with Crippen molar-refractivity contribution in [2.24, 2.45) is 5.41 Å². The Morgan fingerprint density at radius 3 is 2.16 bits per heavy atom. The van der Waals surface area contributed by atoms with E-state index in [2.05, 4.69) is 44.3 Å². The molecule has 1 nitrogen and oxygen atoms in total. The Morgan fingerprint density at radius 2 is 1.68 bits per heavy atom. The van der Waals surface area contributed by atoms with E-state index < -0.39 is 0 Å². The average Bonchev–Trinajstić information content (AvgIpc) is 2.24. The molecule has 19 heavy (non-hydrogen) atoms. The number of hydrogen-bond donors (Lipinski definition) is 1. The van der Waals surface area contributed by atoms with Gasteiger partial charge in [0.05, 0.1) is 0 Å². The van der Waals surface area contributed by atoms with E-state index in [-0.39, 0.29) is 0 Å². The highest BCUT2D eigenvalue weighted by Gasteiger charge is 2.57. The van der Waals surface area contributed by atoms with E-state index >= 15 is 0 Å². The monoisotopic (exact) mass is 257 g/mol. The van der Waals surface area contributed by atoms with Crippen molar-refractivity contribution in [2.75, 3.05) is 13.1 Å². The van der Waals surface area contributed by atoms with Gasteiger partial charge < -0.3 is 5.32 Å². The maximum Gasteiger partial charge on any atom is 0.00885 e. The molecule has 2 saturated carbocycles. The normalized spacial score (nSPS) is 22.9. The molecule has 1 heteroatoms.